The lowest BCUT2D eigenvalue weighted by Crippen LogP contribution is -2.47. The highest BCUT2D eigenvalue weighted by molar-refractivity contribution is 5.79. The number of rotatable bonds is 4. The van der Waals surface area contributed by atoms with Gasteiger partial charge < -0.3 is 10.5 Å². The van der Waals surface area contributed by atoms with Crippen LogP contribution in [0.25, 0.3) is 11.1 Å². The molecule has 1 saturated heterocycles. The average Bonchev–Trinajstić information content (AvgIpc) is 2.56. The highest BCUT2D eigenvalue weighted by Gasteiger charge is 2.24. The van der Waals surface area contributed by atoms with Gasteiger partial charge in [-0.15, -0.1) is 0 Å². The van der Waals surface area contributed by atoms with Crippen LogP contribution in [0.2, 0.25) is 0 Å². The number of primary amides is 1. The number of carbonyl (C=O) groups is 1. The van der Waals surface area contributed by atoms with Gasteiger partial charge in [-0.05, 0) is 22.8 Å². The average molecular weight is 296 g/mol. The van der Waals surface area contributed by atoms with E-state index in [0.717, 1.165) is 13.1 Å². The van der Waals surface area contributed by atoms with Crippen molar-refractivity contribution in [2.24, 2.45) is 5.73 Å². The molecular weight excluding hydrogens is 276 g/mol. The van der Waals surface area contributed by atoms with E-state index >= 15 is 0 Å². The summed E-state index contributed by atoms with van der Waals surface area (Å²) in [6, 6.07) is 18.8. The first-order chi connectivity index (χ1) is 10.7. The Labute approximate surface area is 130 Å². The maximum absolute atomic E-state index is 11.3. The van der Waals surface area contributed by atoms with Gasteiger partial charge in [-0.25, -0.2) is 0 Å². The molecule has 4 heteroatoms. The molecule has 2 aromatic carbocycles. The third-order valence-electron chi connectivity index (χ3n) is 3.91. The van der Waals surface area contributed by atoms with E-state index in [1.807, 2.05) is 18.2 Å². The molecule has 1 fully saturated rings. The van der Waals surface area contributed by atoms with Gasteiger partial charge in [0.1, 0.15) is 6.10 Å². The van der Waals surface area contributed by atoms with E-state index in [4.69, 9.17) is 10.5 Å². The Morgan fingerprint density at radius 1 is 1.14 bits per heavy atom. The topological polar surface area (TPSA) is 55.6 Å². The molecule has 0 saturated carbocycles. The number of morpholine rings is 1. The van der Waals surface area contributed by atoms with E-state index < -0.39 is 6.10 Å². The van der Waals surface area contributed by atoms with Crippen molar-refractivity contribution in [1.29, 1.82) is 0 Å². The second-order valence-corrected chi connectivity index (χ2v) is 5.56. The maximum Gasteiger partial charge on any atom is 0.247 e. The number of hydrogen-bond donors (Lipinski definition) is 1. The van der Waals surface area contributed by atoms with Gasteiger partial charge in [0, 0.05) is 19.6 Å². The van der Waals surface area contributed by atoms with Crippen LogP contribution < -0.4 is 5.73 Å². The van der Waals surface area contributed by atoms with Crippen molar-refractivity contribution < 1.29 is 9.53 Å². The number of carbonyl (C=O) groups excluding carboxylic acids is 1. The molecular formula is C18H20N2O2. The molecule has 0 radical (unpaired) electrons. The second kappa shape index (κ2) is 6.73. The first-order valence-corrected chi connectivity index (χ1v) is 7.50. The molecule has 2 N–H and O–H groups in total. The van der Waals surface area contributed by atoms with E-state index in [0.29, 0.717) is 13.2 Å². The summed E-state index contributed by atoms with van der Waals surface area (Å²) >= 11 is 0. The van der Waals surface area contributed by atoms with Gasteiger partial charge in [-0.2, -0.15) is 0 Å². The van der Waals surface area contributed by atoms with E-state index in [2.05, 4.69) is 41.3 Å². The standard InChI is InChI=1S/C18H20N2O2/c19-18(21)17-13-20(9-10-22-17)12-14-5-4-8-16(11-14)15-6-2-1-3-7-15/h1-8,11,17H,9-10,12-13H2,(H2,19,21). The van der Waals surface area contributed by atoms with Crippen molar-refractivity contribution in [2.75, 3.05) is 19.7 Å². The number of nitrogens with zero attached hydrogens (tertiary/aromatic N) is 1. The number of ether oxygens (including phenoxy) is 1. The molecule has 2 aromatic rings. The van der Waals surface area contributed by atoms with E-state index in [1.54, 1.807) is 0 Å². The minimum Gasteiger partial charge on any atom is -0.367 e. The summed E-state index contributed by atoms with van der Waals surface area (Å²) < 4.78 is 5.38. The molecule has 4 nitrogen and oxygen atoms in total. The summed E-state index contributed by atoms with van der Waals surface area (Å²) in [7, 11) is 0. The predicted molar refractivity (Wildman–Crippen MR) is 86.1 cm³/mol. The van der Waals surface area contributed by atoms with Crippen molar-refractivity contribution >= 4 is 5.91 Å². The van der Waals surface area contributed by atoms with Crippen molar-refractivity contribution in [3.05, 3.63) is 60.2 Å². The largest absolute Gasteiger partial charge is 0.367 e. The Balaban J connectivity index is 1.72. The Kier molecular flexibility index (Phi) is 4.51. The Morgan fingerprint density at radius 3 is 2.68 bits per heavy atom. The lowest BCUT2D eigenvalue weighted by Gasteiger charge is -2.31. The smallest absolute Gasteiger partial charge is 0.247 e. The quantitative estimate of drug-likeness (QED) is 0.939. The van der Waals surface area contributed by atoms with Crippen molar-refractivity contribution in [2.45, 2.75) is 12.6 Å². The minimum atomic E-state index is -0.494. The number of amides is 1. The van der Waals surface area contributed by atoms with Gasteiger partial charge in [-0.3, -0.25) is 9.69 Å². The minimum absolute atomic E-state index is 0.386. The molecule has 0 aliphatic carbocycles. The van der Waals surface area contributed by atoms with Crippen LogP contribution in [0, 0.1) is 0 Å². The zero-order chi connectivity index (χ0) is 15.4. The second-order valence-electron chi connectivity index (χ2n) is 5.56. The molecule has 0 spiro atoms. The van der Waals surface area contributed by atoms with Crippen LogP contribution in [0.15, 0.2) is 54.6 Å². The zero-order valence-electron chi connectivity index (χ0n) is 12.4. The van der Waals surface area contributed by atoms with Crippen LogP contribution in [0.3, 0.4) is 0 Å². The number of hydrogen-bond acceptors (Lipinski definition) is 3. The van der Waals surface area contributed by atoms with Gasteiger partial charge in [0.25, 0.3) is 0 Å². The number of nitrogens with two attached hydrogens (primary N) is 1. The summed E-state index contributed by atoms with van der Waals surface area (Å²) in [5, 5.41) is 0. The van der Waals surface area contributed by atoms with Crippen molar-refractivity contribution in [3.63, 3.8) is 0 Å². The van der Waals surface area contributed by atoms with Gasteiger partial charge in [-0.1, -0.05) is 48.5 Å². The fourth-order valence-electron chi connectivity index (χ4n) is 2.76. The molecule has 1 atom stereocenters. The van der Waals surface area contributed by atoms with E-state index in [9.17, 15) is 4.79 Å². The first kappa shape index (κ1) is 14.8. The maximum atomic E-state index is 11.3. The van der Waals surface area contributed by atoms with Crippen LogP contribution in [0.1, 0.15) is 5.56 Å². The Bertz CT molecular complexity index is 643. The Morgan fingerprint density at radius 2 is 1.91 bits per heavy atom. The summed E-state index contributed by atoms with van der Waals surface area (Å²) in [6.07, 6.45) is -0.494. The van der Waals surface area contributed by atoms with E-state index in [1.165, 1.54) is 16.7 Å². The van der Waals surface area contributed by atoms with Crippen molar-refractivity contribution in [1.82, 2.24) is 4.90 Å². The lowest BCUT2D eigenvalue weighted by molar-refractivity contribution is -0.135. The highest BCUT2D eigenvalue weighted by Crippen LogP contribution is 2.21. The third-order valence-corrected chi connectivity index (χ3v) is 3.91. The molecule has 1 aliphatic heterocycles. The van der Waals surface area contributed by atoms with Crippen LogP contribution >= 0.6 is 0 Å². The Hall–Kier alpha value is -2.17. The monoisotopic (exact) mass is 296 g/mol. The molecule has 3 rings (SSSR count). The van der Waals surface area contributed by atoms with Crippen LogP contribution in [-0.2, 0) is 16.1 Å². The van der Waals surface area contributed by atoms with Crippen LogP contribution in [0.4, 0.5) is 0 Å². The molecule has 1 amide bonds. The van der Waals surface area contributed by atoms with Gasteiger partial charge in [0.2, 0.25) is 5.91 Å². The SMILES string of the molecule is NC(=O)C1CN(Cc2cccc(-c3ccccc3)c2)CCO1. The number of benzene rings is 2. The third kappa shape index (κ3) is 3.53. The first-order valence-electron chi connectivity index (χ1n) is 7.50. The predicted octanol–water partition coefficient (Wildman–Crippen LogP) is 2.04. The summed E-state index contributed by atoms with van der Waals surface area (Å²) in [6.45, 7) is 2.73. The van der Waals surface area contributed by atoms with E-state index in [-0.39, 0.29) is 5.91 Å². The normalized spacial score (nSPS) is 19.0. The summed E-state index contributed by atoms with van der Waals surface area (Å²) in [5.41, 5.74) is 8.98. The summed E-state index contributed by atoms with van der Waals surface area (Å²) in [4.78, 5) is 13.5. The molecule has 114 valence electrons. The molecule has 1 unspecified atom stereocenters. The fraction of sp³-hybridized carbons (Fsp3) is 0.278. The van der Waals surface area contributed by atoms with Crippen LogP contribution in [-0.4, -0.2) is 36.6 Å². The van der Waals surface area contributed by atoms with Crippen molar-refractivity contribution in [3.8, 4) is 11.1 Å². The molecule has 1 aliphatic rings. The zero-order valence-corrected chi connectivity index (χ0v) is 12.4. The van der Waals surface area contributed by atoms with Gasteiger partial charge >= 0.3 is 0 Å². The fourth-order valence-corrected chi connectivity index (χ4v) is 2.76. The molecule has 0 bridgehead atoms. The highest BCUT2D eigenvalue weighted by atomic mass is 16.5. The molecule has 0 aromatic heterocycles. The molecule has 1 heterocycles. The molecule has 22 heavy (non-hydrogen) atoms. The van der Waals surface area contributed by atoms with Gasteiger partial charge in [0.05, 0.1) is 6.61 Å². The summed E-state index contributed by atoms with van der Waals surface area (Å²) in [5.74, 6) is -0.386. The van der Waals surface area contributed by atoms with Crippen LogP contribution in [0.5, 0.6) is 0 Å². The lowest BCUT2D eigenvalue weighted by atomic mass is 10.0. The van der Waals surface area contributed by atoms with Gasteiger partial charge in [0.15, 0.2) is 0 Å².